The van der Waals surface area contributed by atoms with Crippen molar-refractivity contribution in [3.63, 3.8) is 0 Å². The molecule has 0 aliphatic rings. The Hall–Kier alpha value is -3.68. The number of carbonyl (C=O) groups excluding carboxylic acids is 1. The van der Waals surface area contributed by atoms with Crippen molar-refractivity contribution in [3.8, 4) is 0 Å². The summed E-state index contributed by atoms with van der Waals surface area (Å²) in [6, 6.07) is 14.3. The highest BCUT2D eigenvalue weighted by molar-refractivity contribution is 5.98. The van der Waals surface area contributed by atoms with E-state index >= 15 is 0 Å². The predicted octanol–water partition coefficient (Wildman–Crippen LogP) is 1.78. The van der Waals surface area contributed by atoms with Crippen LogP contribution in [0, 0.1) is 5.92 Å². The molecule has 8 nitrogen and oxygen atoms in total. The van der Waals surface area contributed by atoms with Crippen molar-refractivity contribution in [1.29, 1.82) is 0 Å². The standard InChI is InChI=1S/C22H23N5O3/c1-14(2)12-23-19(28)16-9-10-17-18(11-16)27-21(24-25(3)22(27)30)26(20(17)29)13-15-7-5-4-6-8-15/h4-11,14H,12-13H2,1-3H3,(H,23,28). The Morgan fingerprint density at radius 2 is 1.83 bits per heavy atom. The van der Waals surface area contributed by atoms with E-state index in [-0.39, 0.29) is 29.5 Å². The minimum absolute atomic E-state index is 0.239. The Morgan fingerprint density at radius 1 is 1.10 bits per heavy atom. The van der Waals surface area contributed by atoms with E-state index in [1.54, 1.807) is 18.2 Å². The molecule has 1 N–H and O–H groups in total. The van der Waals surface area contributed by atoms with Gasteiger partial charge in [0.1, 0.15) is 0 Å². The van der Waals surface area contributed by atoms with Crippen LogP contribution in [0.25, 0.3) is 16.7 Å². The van der Waals surface area contributed by atoms with Crippen LogP contribution in [0.4, 0.5) is 0 Å². The van der Waals surface area contributed by atoms with Gasteiger partial charge < -0.3 is 5.32 Å². The van der Waals surface area contributed by atoms with Gasteiger partial charge in [-0.2, -0.15) is 0 Å². The lowest BCUT2D eigenvalue weighted by molar-refractivity contribution is 0.0949. The van der Waals surface area contributed by atoms with Crippen molar-refractivity contribution < 1.29 is 4.79 Å². The van der Waals surface area contributed by atoms with Crippen molar-refractivity contribution in [2.24, 2.45) is 13.0 Å². The van der Waals surface area contributed by atoms with Gasteiger partial charge in [0.15, 0.2) is 0 Å². The number of aryl methyl sites for hydroxylation is 1. The van der Waals surface area contributed by atoms with E-state index in [1.165, 1.54) is 20.7 Å². The number of amides is 1. The molecule has 0 fully saturated rings. The molecule has 2 aromatic heterocycles. The molecule has 154 valence electrons. The first-order valence-electron chi connectivity index (χ1n) is 9.81. The highest BCUT2D eigenvalue weighted by atomic mass is 16.2. The molecule has 4 aromatic rings. The summed E-state index contributed by atoms with van der Waals surface area (Å²) in [5.41, 5.74) is 1.04. The lowest BCUT2D eigenvalue weighted by atomic mass is 10.1. The van der Waals surface area contributed by atoms with Crippen molar-refractivity contribution in [3.05, 3.63) is 80.5 Å². The van der Waals surface area contributed by atoms with Crippen molar-refractivity contribution in [1.82, 2.24) is 24.1 Å². The van der Waals surface area contributed by atoms with Gasteiger partial charge in [-0.05, 0) is 29.7 Å². The van der Waals surface area contributed by atoms with Crippen LogP contribution < -0.4 is 16.6 Å². The number of nitrogens with one attached hydrogen (secondary N) is 1. The second-order valence-corrected chi connectivity index (χ2v) is 7.75. The first-order chi connectivity index (χ1) is 14.4. The summed E-state index contributed by atoms with van der Waals surface area (Å²) in [6.07, 6.45) is 0. The Morgan fingerprint density at radius 3 is 2.53 bits per heavy atom. The van der Waals surface area contributed by atoms with Gasteiger partial charge >= 0.3 is 5.69 Å². The second kappa shape index (κ2) is 7.62. The van der Waals surface area contributed by atoms with Gasteiger partial charge in [-0.25, -0.2) is 13.9 Å². The third kappa shape index (κ3) is 3.41. The molecule has 8 heteroatoms. The summed E-state index contributed by atoms with van der Waals surface area (Å²) >= 11 is 0. The molecule has 4 rings (SSSR count). The molecule has 0 spiro atoms. The summed E-state index contributed by atoms with van der Waals surface area (Å²) < 4.78 is 4.07. The molecule has 30 heavy (non-hydrogen) atoms. The van der Waals surface area contributed by atoms with Crippen LogP contribution in [-0.4, -0.2) is 31.2 Å². The topological polar surface area (TPSA) is 90.4 Å². The van der Waals surface area contributed by atoms with E-state index in [2.05, 4.69) is 10.4 Å². The summed E-state index contributed by atoms with van der Waals surface area (Å²) in [4.78, 5) is 38.6. The van der Waals surface area contributed by atoms with Crippen LogP contribution in [0.15, 0.2) is 58.1 Å². The lowest BCUT2D eigenvalue weighted by Gasteiger charge is -2.11. The molecule has 0 bridgehead atoms. The first kappa shape index (κ1) is 19.6. The number of hydrogen-bond donors (Lipinski definition) is 1. The SMILES string of the molecule is CC(C)CNC(=O)c1ccc2c(=O)n(Cc3ccccc3)c3nn(C)c(=O)n3c2c1. The molecule has 2 heterocycles. The lowest BCUT2D eigenvalue weighted by Crippen LogP contribution is -2.29. The zero-order chi connectivity index (χ0) is 21.4. The average Bonchev–Trinajstić information content (AvgIpc) is 3.04. The largest absolute Gasteiger partial charge is 0.352 e. The number of aromatic nitrogens is 4. The van der Waals surface area contributed by atoms with Crippen LogP contribution in [0.5, 0.6) is 0 Å². The fourth-order valence-electron chi connectivity index (χ4n) is 3.42. The van der Waals surface area contributed by atoms with Gasteiger partial charge in [0.05, 0.1) is 17.4 Å². The normalized spacial score (nSPS) is 11.5. The van der Waals surface area contributed by atoms with Crippen LogP contribution in [0.2, 0.25) is 0 Å². The average molecular weight is 405 g/mol. The third-order valence-corrected chi connectivity index (χ3v) is 4.98. The van der Waals surface area contributed by atoms with Crippen LogP contribution in [0.1, 0.15) is 29.8 Å². The zero-order valence-electron chi connectivity index (χ0n) is 17.1. The highest BCUT2D eigenvalue weighted by Crippen LogP contribution is 2.15. The predicted molar refractivity (Wildman–Crippen MR) is 115 cm³/mol. The fraction of sp³-hybridized carbons (Fsp3) is 0.273. The maximum atomic E-state index is 13.3. The monoisotopic (exact) mass is 405 g/mol. The number of fused-ring (bicyclic) bond motifs is 3. The molecule has 0 saturated heterocycles. The van der Waals surface area contributed by atoms with Crippen LogP contribution in [0.3, 0.4) is 0 Å². The number of nitrogens with zero attached hydrogens (tertiary/aromatic N) is 4. The molecule has 0 unspecified atom stereocenters. The molecule has 0 aliphatic heterocycles. The van der Waals surface area contributed by atoms with Crippen LogP contribution in [-0.2, 0) is 13.6 Å². The Kier molecular flexibility index (Phi) is 4.99. The van der Waals surface area contributed by atoms with E-state index in [0.29, 0.717) is 28.9 Å². The maximum Gasteiger partial charge on any atom is 0.351 e. The molecule has 0 radical (unpaired) electrons. The summed E-state index contributed by atoms with van der Waals surface area (Å²) in [5, 5.41) is 7.50. The fourth-order valence-corrected chi connectivity index (χ4v) is 3.42. The van der Waals surface area contributed by atoms with Gasteiger partial charge in [-0.3, -0.25) is 14.2 Å². The van der Waals surface area contributed by atoms with Crippen LogP contribution >= 0.6 is 0 Å². The minimum atomic E-state index is -0.378. The van der Waals surface area contributed by atoms with Gasteiger partial charge in [-0.1, -0.05) is 44.2 Å². The minimum Gasteiger partial charge on any atom is -0.352 e. The third-order valence-electron chi connectivity index (χ3n) is 4.98. The van der Waals surface area contributed by atoms with E-state index in [1.807, 2.05) is 44.2 Å². The Bertz CT molecular complexity index is 1360. The second-order valence-electron chi connectivity index (χ2n) is 7.75. The molecule has 2 aromatic carbocycles. The number of rotatable bonds is 5. The molecule has 0 atom stereocenters. The molecule has 0 aliphatic carbocycles. The number of carbonyl (C=O) groups is 1. The first-order valence-corrected chi connectivity index (χ1v) is 9.81. The van der Waals surface area contributed by atoms with Gasteiger partial charge in [0.25, 0.3) is 11.5 Å². The van der Waals surface area contributed by atoms with E-state index < -0.39 is 0 Å². The van der Waals surface area contributed by atoms with Gasteiger partial charge in [-0.15, -0.1) is 5.10 Å². The van der Waals surface area contributed by atoms with E-state index in [4.69, 9.17) is 0 Å². The number of hydrogen-bond acceptors (Lipinski definition) is 4. The summed E-state index contributed by atoms with van der Waals surface area (Å²) in [6.45, 7) is 4.84. The zero-order valence-corrected chi connectivity index (χ0v) is 17.1. The molecule has 1 amide bonds. The van der Waals surface area contributed by atoms with Crippen molar-refractivity contribution >= 4 is 22.6 Å². The van der Waals surface area contributed by atoms with Gasteiger partial charge in [0.2, 0.25) is 5.78 Å². The Balaban J connectivity index is 1.93. The van der Waals surface area contributed by atoms with E-state index in [9.17, 15) is 14.4 Å². The quantitative estimate of drug-likeness (QED) is 0.548. The van der Waals surface area contributed by atoms with Crippen molar-refractivity contribution in [2.45, 2.75) is 20.4 Å². The van der Waals surface area contributed by atoms with Gasteiger partial charge in [0, 0.05) is 19.2 Å². The van der Waals surface area contributed by atoms with E-state index in [0.717, 1.165) is 5.56 Å². The smallest absolute Gasteiger partial charge is 0.351 e. The summed E-state index contributed by atoms with van der Waals surface area (Å²) in [7, 11) is 1.54. The molecule has 0 saturated carbocycles. The Labute approximate surface area is 172 Å². The molecular weight excluding hydrogens is 382 g/mol. The highest BCUT2D eigenvalue weighted by Gasteiger charge is 2.18. The van der Waals surface area contributed by atoms with Crippen molar-refractivity contribution in [2.75, 3.05) is 6.54 Å². The number of benzene rings is 2. The molecular formula is C22H23N5O3. The summed E-state index contributed by atoms with van der Waals surface area (Å²) in [5.74, 6) is 0.306. The maximum absolute atomic E-state index is 13.3.